The summed E-state index contributed by atoms with van der Waals surface area (Å²) < 4.78 is 10.8. The molecule has 1 rings (SSSR count). The molecule has 1 saturated heterocycles. The van der Waals surface area contributed by atoms with E-state index in [1.54, 1.807) is 7.11 Å². The summed E-state index contributed by atoms with van der Waals surface area (Å²) in [5.74, 6) is 0.751. The van der Waals surface area contributed by atoms with E-state index in [9.17, 15) is 0 Å². The molecule has 1 unspecified atom stereocenters. The third-order valence-electron chi connectivity index (χ3n) is 2.73. The Bertz CT molecular complexity index is 125. The van der Waals surface area contributed by atoms with Gasteiger partial charge in [-0.1, -0.05) is 13.3 Å². The van der Waals surface area contributed by atoms with Gasteiger partial charge in [0.25, 0.3) is 0 Å². The Hall–Kier alpha value is -0.0800. The smallest absolute Gasteiger partial charge is 0.157 e. The molecule has 1 fully saturated rings. The van der Waals surface area contributed by atoms with Crippen molar-refractivity contribution in [3.8, 4) is 0 Å². The van der Waals surface area contributed by atoms with Crippen LogP contribution in [0.5, 0.6) is 0 Å². The Morgan fingerprint density at radius 1 is 1.42 bits per heavy atom. The third-order valence-corrected chi connectivity index (χ3v) is 2.73. The third kappa shape index (κ3) is 2.46. The molecule has 0 aliphatic carbocycles. The highest BCUT2D eigenvalue weighted by Gasteiger charge is 2.26. The number of rotatable bonds is 3. The second-order valence-corrected chi connectivity index (χ2v) is 3.63. The fourth-order valence-corrected chi connectivity index (χ4v) is 1.93. The van der Waals surface area contributed by atoms with Crippen LogP contribution < -0.4 is 0 Å². The highest BCUT2D eigenvalue weighted by molar-refractivity contribution is 4.72. The van der Waals surface area contributed by atoms with Gasteiger partial charge < -0.3 is 9.47 Å². The first kappa shape index (κ1) is 10.0. The number of ether oxygens (including phenoxy) is 2. The first-order valence-corrected chi connectivity index (χ1v) is 4.96. The molecule has 0 radical (unpaired) electrons. The number of methoxy groups -OCH3 is 1. The Morgan fingerprint density at radius 3 is 2.67 bits per heavy atom. The lowest BCUT2D eigenvalue weighted by Gasteiger charge is -2.33. The van der Waals surface area contributed by atoms with Crippen LogP contribution in [0.15, 0.2) is 0 Å². The zero-order valence-corrected chi connectivity index (χ0v) is 8.38. The monoisotopic (exact) mass is 172 g/mol. The van der Waals surface area contributed by atoms with Crippen molar-refractivity contribution in [1.29, 1.82) is 0 Å². The summed E-state index contributed by atoms with van der Waals surface area (Å²) in [4.78, 5) is 0. The van der Waals surface area contributed by atoms with Gasteiger partial charge in [-0.25, -0.2) is 0 Å². The molecule has 12 heavy (non-hydrogen) atoms. The van der Waals surface area contributed by atoms with Crippen molar-refractivity contribution >= 4 is 0 Å². The molecule has 0 aromatic heterocycles. The minimum Gasteiger partial charge on any atom is -0.356 e. The molecule has 2 heteroatoms. The van der Waals surface area contributed by atoms with Crippen LogP contribution in [0.1, 0.15) is 39.5 Å². The molecule has 1 aliphatic heterocycles. The Balaban J connectivity index is 2.31. The molecular formula is C10H20O2. The van der Waals surface area contributed by atoms with Crippen LogP contribution in [0, 0.1) is 5.92 Å². The van der Waals surface area contributed by atoms with Crippen molar-refractivity contribution in [3.63, 3.8) is 0 Å². The van der Waals surface area contributed by atoms with Crippen LogP contribution in [0.2, 0.25) is 0 Å². The van der Waals surface area contributed by atoms with E-state index in [2.05, 4.69) is 13.8 Å². The first-order chi connectivity index (χ1) is 5.77. The lowest BCUT2D eigenvalue weighted by Crippen LogP contribution is -2.33. The average molecular weight is 172 g/mol. The Labute approximate surface area is 75.2 Å². The summed E-state index contributed by atoms with van der Waals surface area (Å²) in [7, 11) is 1.72. The fraction of sp³-hybridized carbons (Fsp3) is 1.00. The fourth-order valence-electron chi connectivity index (χ4n) is 1.93. The van der Waals surface area contributed by atoms with E-state index >= 15 is 0 Å². The minimum atomic E-state index is 0.0492. The summed E-state index contributed by atoms with van der Waals surface area (Å²) >= 11 is 0. The van der Waals surface area contributed by atoms with Gasteiger partial charge >= 0.3 is 0 Å². The quantitative estimate of drug-likeness (QED) is 0.651. The summed E-state index contributed by atoms with van der Waals surface area (Å²) in [6.07, 6.45) is 5.30. The van der Waals surface area contributed by atoms with Crippen molar-refractivity contribution in [2.24, 2.45) is 5.92 Å². The first-order valence-electron chi connectivity index (χ1n) is 4.96. The van der Waals surface area contributed by atoms with E-state index in [0.717, 1.165) is 12.3 Å². The Morgan fingerprint density at radius 2 is 2.17 bits per heavy atom. The molecule has 0 aromatic carbocycles. The van der Waals surface area contributed by atoms with Crippen LogP contribution in [-0.4, -0.2) is 19.5 Å². The van der Waals surface area contributed by atoms with Gasteiger partial charge in [0.05, 0.1) is 6.10 Å². The lowest BCUT2D eigenvalue weighted by atomic mass is 9.91. The molecule has 0 saturated carbocycles. The highest BCUT2D eigenvalue weighted by Crippen LogP contribution is 2.28. The van der Waals surface area contributed by atoms with Gasteiger partial charge in [0, 0.05) is 7.11 Å². The normalized spacial score (nSPS) is 36.8. The van der Waals surface area contributed by atoms with Gasteiger partial charge in [-0.2, -0.15) is 0 Å². The standard InChI is InChI=1S/C10H20O2/c1-4-5-9-6-7-10(11-3)12-8(9)2/h8-10H,4-7H2,1-3H3/t8?,9-,10+/m1/s1. The van der Waals surface area contributed by atoms with Gasteiger partial charge in [0.15, 0.2) is 6.29 Å². The lowest BCUT2D eigenvalue weighted by molar-refractivity contribution is -0.193. The van der Waals surface area contributed by atoms with E-state index in [1.807, 2.05) is 0 Å². The van der Waals surface area contributed by atoms with Gasteiger partial charge in [-0.15, -0.1) is 0 Å². The van der Waals surface area contributed by atoms with E-state index in [1.165, 1.54) is 19.3 Å². The van der Waals surface area contributed by atoms with Crippen molar-refractivity contribution in [1.82, 2.24) is 0 Å². The van der Waals surface area contributed by atoms with Crippen molar-refractivity contribution in [3.05, 3.63) is 0 Å². The van der Waals surface area contributed by atoms with Crippen molar-refractivity contribution in [2.45, 2.75) is 51.9 Å². The molecule has 2 nitrogen and oxygen atoms in total. The van der Waals surface area contributed by atoms with E-state index in [0.29, 0.717) is 6.10 Å². The molecule has 72 valence electrons. The molecule has 1 heterocycles. The SMILES string of the molecule is CCC[C@@H]1CC[C@@H](OC)OC1C. The molecule has 0 aromatic rings. The van der Waals surface area contributed by atoms with Crippen LogP contribution in [0.4, 0.5) is 0 Å². The van der Waals surface area contributed by atoms with Gasteiger partial charge in [-0.3, -0.25) is 0 Å². The van der Waals surface area contributed by atoms with Crippen LogP contribution in [0.25, 0.3) is 0 Å². The number of hydrogen-bond donors (Lipinski definition) is 0. The molecular weight excluding hydrogens is 152 g/mol. The maximum atomic E-state index is 5.68. The van der Waals surface area contributed by atoms with Crippen LogP contribution >= 0.6 is 0 Å². The van der Waals surface area contributed by atoms with Crippen molar-refractivity contribution in [2.75, 3.05) is 7.11 Å². The van der Waals surface area contributed by atoms with Gasteiger partial charge in [0.2, 0.25) is 0 Å². The van der Waals surface area contributed by atoms with E-state index in [4.69, 9.17) is 9.47 Å². The van der Waals surface area contributed by atoms with Crippen molar-refractivity contribution < 1.29 is 9.47 Å². The van der Waals surface area contributed by atoms with Gasteiger partial charge in [-0.05, 0) is 32.1 Å². The maximum Gasteiger partial charge on any atom is 0.157 e. The predicted octanol–water partition coefficient (Wildman–Crippen LogP) is 2.57. The summed E-state index contributed by atoms with van der Waals surface area (Å²) in [6.45, 7) is 4.39. The second-order valence-electron chi connectivity index (χ2n) is 3.63. The minimum absolute atomic E-state index is 0.0492. The van der Waals surface area contributed by atoms with Crippen LogP contribution in [-0.2, 0) is 9.47 Å². The summed E-state index contributed by atoms with van der Waals surface area (Å²) in [6, 6.07) is 0. The number of hydrogen-bond acceptors (Lipinski definition) is 2. The molecule has 3 atom stereocenters. The molecule has 0 amide bonds. The zero-order valence-electron chi connectivity index (χ0n) is 8.38. The van der Waals surface area contributed by atoms with Crippen LogP contribution in [0.3, 0.4) is 0 Å². The molecule has 0 N–H and O–H groups in total. The van der Waals surface area contributed by atoms with Gasteiger partial charge in [0.1, 0.15) is 0 Å². The summed E-state index contributed by atoms with van der Waals surface area (Å²) in [5.41, 5.74) is 0. The summed E-state index contributed by atoms with van der Waals surface area (Å²) in [5, 5.41) is 0. The molecule has 0 spiro atoms. The molecule has 1 aliphatic rings. The predicted molar refractivity (Wildman–Crippen MR) is 49.0 cm³/mol. The average Bonchev–Trinajstić information content (AvgIpc) is 2.09. The largest absolute Gasteiger partial charge is 0.356 e. The Kier molecular flexibility index (Phi) is 4.02. The zero-order chi connectivity index (χ0) is 8.97. The van der Waals surface area contributed by atoms with E-state index < -0.39 is 0 Å². The molecule has 0 bridgehead atoms. The highest BCUT2D eigenvalue weighted by atomic mass is 16.7. The van der Waals surface area contributed by atoms with E-state index in [-0.39, 0.29) is 6.29 Å². The maximum absolute atomic E-state index is 5.68. The topological polar surface area (TPSA) is 18.5 Å². The second kappa shape index (κ2) is 4.83.